The number of hydrogen-bond donors (Lipinski definition) is 1. The van der Waals surface area contributed by atoms with E-state index >= 15 is 0 Å². The molecule has 0 aliphatic carbocycles. The maximum Gasteiger partial charge on any atom is 0.321 e. The summed E-state index contributed by atoms with van der Waals surface area (Å²) in [5.74, 6) is 6.29. The normalized spacial score (nSPS) is 17.0. The third-order valence-corrected chi connectivity index (χ3v) is 5.19. The fourth-order valence-electron chi connectivity index (χ4n) is 3.39. The number of nitrogens with zero attached hydrogens (tertiary/aromatic N) is 1. The van der Waals surface area contributed by atoms with Crippen molar-refractivity contribution >= 4 is 23.3 Å². The number of nitrogens with one attached hydrogen (secondary N) is 1. The number of aryl methyl sites for hydroxylation is 1. The van der Waals surface area contributed by atoms with Gasteiger partial charge in [-0.05, 0) is 55.3 Å². The lowest BCUT2D eigenvalue weighted by atomic mass is 9.79. The number of likely N-dealkylation sites (tertiary alicyclic amines) is 1. The topological polar surface area (TPSA) is 32.3 Å². The van der Waals surface area contributed by atoms with Crippen LogP contribution in [0.2, 0.25) is 5.02 Å². The lowest BCUT2D eigenvalue weighted by Gasteiger charge is -2.40. The molecule has 0 radical (unpaired) electrons. The Kier molecular flexibility index (Phi) is 6.11. The van der Waals surface area contributed by atoms with Crippen LogP contribution < -0.4 is 5.32 Å². The third-order valence-electron chi connectivity index (χ3n) is 4.95. The first-order valence-corrected chi connectivity index (χ1v) is 9.80. The Morgan fingerprint density at radius 1 is 1.21 bits per heavy atom. The van der Waals surface area contributed by atoms with Crippen LogP contribution in [0.15, 0.2) is 60.2 Å². The van der Waals surface area contributed by atoms with Crippen molar-refractivity contribution in [1.29, 1.82) is 0 Å². The molecule has 28 heavy (non-hydrogen) atoms. The van der Waals surface area contributed by atoms with Gasteiger partial charge in [-0.25, -0.2) is 4.79 Å². The van der Waals surface area contributed by atoms with E-state index in [2.05, 4.69) is 31.0 Å². The van der Waals surface area contributed by atoms with Crippen molar-refractivity contribution in [2.45, 2.75) is 27.2 Å². The largest absolute Gasteiger partial charge is 0.323 e. The molecule has 0 saturated carbocycles. The van der Waals surface area contributed by atoms with Gasteiger partial charge in [-0.2, -0.15) is 0 Å². The molecule has 0 atom stereocenters. The summed E-state index contributed by atoms with van der Waals surface area (Å²) in [5.41, 5.74) is 4.00. The highest BCUT2D eigenvalue weighted by Crippen LogP contribution is 2.34. The van der Waals surface area contributed by atoms with Crippen molar-refractivity contribution in [3.63, 3.8) is 0 Å². The maximum absolute atomic E-state index is 12.7. The average Bonchev–Trinajstić information content (AvgIpc) is 2.62. The summed E-state index contributed by atoms with van der Waals surface area (Å²) in [6, 6.07) is 15.3. The zero-order valence-electron chi connectivity index (χ0n) is 16.6. The molecule has 1 N–H and O–H groups in total. The lowest BCUT2D eigenvalue weighted by Crippen LogP contribution is -2.46. The molecule has 3 rings (SSSR count). The van der Waals surface area contributed by atoms with Gasteiger partial charge in [0.25, 0.3) is 0 Å². The third kappa shape index (κ3) is 5.18. The van der Waals surface area contributed by atoms with Gasteiger partial charge >= 0.3 is 6.03 Å². The van der Waals surface area contributed by atoms with Crippen LogP contribution in [0.3, 0.4) is 0 Å². The average molecular weight is 393 g/mol. The van der Waals surface area contributed by atoms with E-state index in [9.17, 15) is 4.79 Å². The van der Waals surface area contributed by atoms with Gasteiger partial charge in [-0.15, -0.1) is 0 Å². The molecule has 0 bridgehead atoms. The van der Waals surface area contributed by atoms with E-state index in [0.717, 1.165) is 23.2 Å². The first-order valence-electron chi connectivity index (χ1n) is 9.43. The van der Waals surface area contributed by atoms with Gasteiger partial charge in [0.15, 0.2) is 0 Å². The Labute approximate surface area is 172 Å². The van der Waals surface area contributed by atoms with Crippen LogP contribution in [0.1, 0.15) is 31.4 Å². The van der Waals surface area contributed by atoms with Crippen LogP contribution in [0.25, 0.3) is 0 Å². The monoisotopic (exact) mass is 392 g/mol. The Hall–Kier alpha value is -2.70. The molecule has 1 saturated heterocycles. The highest BCUT2D eigenvalue weighted by Gasteiger charge is 2.33. The van der Waals surface area contributed by atoms with Crippen LogP contribution in [0, 0.1) is 24.2 Å². The van der Waals surface area contributed by atoms with Crippen LogP contribution in [0.4, 0.5) is 10.5 Å². The van der Waals surface area contributed by atoms with Gasteiger partial charge in [0, 0.05) is 34.8 Å². The Balaban J connectivity index is 1.66. The van der Waals surface area contributed by atoms with E-state index < -0.39 is 0 Å². The number of anilines is 1. The van der Waals surface area contributed by atoms with Gasteiger partial charge in [0.05, 0.1) is 0 Å². The van der Waals surface area contributed by atoms with Crippen molar-refractivity contribution in [2.24, 2.45) is 5.41 Å². The fourth-order valence-corrected chi connectivity index (χ4v) is 3.58. The molecule has 3 nitrogen and oxygen atoms in total. The number of carbonyl (C=O) groups is 1. The Morgan fingerprint density at radius 3 is 2.71 bits per heavy atom. The molecule has 0 spiro atoms. The quantitative estimate of drug-likeness (QED) is 0.603. The molecule has 0 unspecified atom stereocenters. The molecule has 2 aromatic carbocycles. The molecular formula is C24H25ClN2O. The number of rotatable bonds is 1. The van der Waals surface area contributed by atoms with Crippen molar-refractivity contribution in [1.82, 2.24) is 4.90 Å². The maximum atomic E-state index is 12.7. The molecule has 2 amide bonds. The van der Waals surface area contributed by atoms with E-state index in [1.54, 1.807) is 0 Å². The molecule has 4 heteroatoms. The number of amides is 2. The van der Waals surface area contributed by atoms with Gasteiger partial charge in [-0.3, -0.25) is 0 Å². The van der Waals surface area contributed by atoms with E-state index in [-0.39, 0.29) is 11.4 Å². The van der Waals surface area contributed by atoms with Gasteiger partial charge in [-0.1, -0.05) is 61.1 Å². The summed E-state index contributed by atoms with van der Waals surface area (Å²) < 4.78 is 0. The summed E-state index contributed by atoms with van der Waals surface area (Å²) >= 11 is 6.00. The van der Waals surface area contributed by atoms with Crippen molar-refractivity contribution in [3.05, 3.63) is 76.3 Å². The molecule has 0 aromatic heterocycles. The molecule has 2 aromatic rings. The number of carbonyl (C=O) groups excluding carboxylic acids is 1. The summed E-state index contributed by atoms with van der Waals surface area (Å²) in [7, 11) is 0. The summed E-state index contributed by atoms with van der Waals surface area (Å²) in [6.07, 6.45) is 2.81. The second-order valence-electron chi connectivity index (χ2n) is 7.80. The zero-order valence-corrected chi connectivity index (χ0v) is 17.3. The van der Waals surface area contributed by atoms with Crippen LogP contribution in [-0.2, 0) is 0 Å². The van der Waals surface area contributed by atoms with E-state index in [1.807, 2.05) is 66.4 Å². The van der Waals surface area contributed by atoms with Gasteiger partial charge in [0.2, 0.25) is 0 Å². The number of piperidine rings is 1. The van der Waals surface area contributed by atoms with E-state index in [1.165, 1.54) is 5.57 Å². The van der Waals surface area contributed by atoms with E-state index in [0.29, 0.717) is 18.1 Å². The van der Waals surface area contributed by atoms with Crippen LogP contribution >= 0.6 is 11.6 Å². The first-order chi connectivity index (χ1) is 13.3. The molecule has 1 aliphatic rings. The summed E-state index contributed by atoms with van der Waals surface area (Å²) in [5, 5.41) is 3.69. The number of urea groups is 1. The predicted molar refractivity (Wildman–Crippen MR) is 117 cm³/mol. The summed E-state index contributed by atoms with van der Waals surface area (Å²) in [4.78, 5) is 14.5. The highest BCUT2D eigenvalue weighted by atomic mass is 35.5. The minimum atomic E-state index is -0.120. The number of halogens is 1. The second kappa shape index (κ2) is 8.54. The second-order valence-corrected chi connectivity index (χ2v) is 8.24. The lowest BCUT2D eigenvalue weighted by molar-refractivity contribution is 0.172. The minimum Gasteiger partial charge on any atom is -0.323 e. The zero-order chi connectivity index (χ0) is 20.1. The molecule has 1 fully saturated rings. The first kappa shape index (κ1) is 20.0. The molecule has 1 heterocycles. The van der Waals surface area contributed by atoms with Gasteiger partial charge < -0.3 is 10.2 Å². The molecule has 1 aliphatic heterocycles. The number of hydrogen-bond acceptors (Lipinski definition) is 1. The van der Waals surface area contributed by atoms with Gasteiger partial charge in [0.1, 0.15) is 0 Å². The minimum absolute atomic E-state index is 0.0530. The summed E-state index contributed by atoms with van der Waals surface area (Å²) in [6.45, 7) is 7.68. The Morgan fingerprint density at radius 2 is 2.00 bits per heavy atom. The van der Waals surface area contributed by atoms with Crippen molar-refractivity contribution in [2.75, 3.05) is 18.4 Å². The number of allylic oxidation sites excluding steroid dienone is 1. The Bertz CT molecular complexity index is 966. The predicted octanol–water partition coefficient (Wildman–Crippen LogP) is 5.89. The van der Waals surface area contributed by atoms with E-state index in [4.69, 9.17) is 11.6 Å². The standard InChI is InChI=1S/C24H25ClN2O/c1-18-7-4-12-22(15-18)26-23(28)27-14-13-20(24(2,3)17-27)10-5-8-19-9-6-11-21(25)16-19/h4,6-7,9-12,15-16H,13-14,17H2,1-3H3,(H,26,28)/b20-10+. The van der Waals surface area contributed by atoms with Crippen molar-refractivity contribution in [3.8, 4) is 11.8 Å². The van der Waals surface area contributed by atoms with Crippen molar-refractivity contribution < 1.29 is 4.79 Å². The molecular weight excluding hydrogens is 368 g/mol. The smallest absolute Gasteiger partial charge is 0.321 e. The van der Waals surface area contributed by atoms with Crippen LogP contribution in [0.5, 0.6) is 0 Å². The molecule has 144 valence electrons. The SMILES string of the molecule is Cc1cccc(NC(=O)N2CC/C(=C\C#Cc3cccc(Cl)c3)C(C)(C)C2)c1. The number of benzene rings is 2. The van der Waals surface area contributed by atoms with Crippen LogP contribution in [-0.4, -0.2) is 24.0 Å². The fraction of sp³-hybridized carbons (Fsp3) is 0.292. The highest BCUT2D eigenvalue weighted by molar-refractivity contribution is 6.30.